The average Bonchev–Trinajstić information content (AvgIpc) is 2.66. The maximum atomic E-state index is 13.1. The maximum absolute atomic E-state index is 13.1. The Balaban J connectivity index is 2.26. The summed E-state index contributed by atoms with van der Waals surface area (Å²) in [5.41, 5.74) is 6.80. The van der Waals surface area contributed by atoms with Gasteiger partial charge in [0.15, 0.2) is 0 Å². The van der Waals surface area contributed by atoms with Crippen molar-refractivity contribution in [2.45, 2.75) is 6.04 Å². The van der Waals surface area contributed by atoms with E-state index in [0.29, 0.717) is 11.5 Å². The Labute approximate surface area is 109 Å². The molecule has 0 bridgehead atoms. The van der Waals surface area contributed by atoms with E-state index in [9.17, 15) is 9.18 Å². The van der Waals surface area contributed by atoms with Gasteiger partial charge in [-0.25, -0.2) is 9.37 Å². The fraction of sp³-hybridized carbons (Fsp3) is 0.333. The lowest BCUT2D eigenvalue weighted by Gasteiger charge is -2.10. The first-order valence-electron chi connectivity index (χ1n) is 5.70. The van der Waals surface area contributed by atoms with Crippen LogP contribution in [0.15, 0.2) is 18.2 Å². The molecule has 1 heterocycles. The molecular weight excluding hydrogens is 251 g/mol. The number of methoxy groups -OCH3 is 1. The van der Waals surface area contributed by atoms with E-state index in [4.69, 9.17) is 10.5 Å². The molecule has 1 aromatic carbocycles. The summed E-state index contributed by atoms with van der Waals surface area (Å²) in [6, 6.07) is 3.47. The number of nitrogens with two attached hydrogens (primary N) is 1. The molecule has 2 aromatic rings. The number of benzene rings is 1. The standard InChI is InChI=1S/C12H15FN4O2/c1-17-10-4-3-7(13)5-9(10)15-12(17)16-11(18)8(14)6-19-2/h3-5,8H,6,14H2,1-2H3,(H,15,16,18). The molecule has 0 saturated carbocycles. The van der Waals surface area contributed by atoms with Crippen LogP contribution in [0.3, 0.4) is 0 Å². The van der Waals surface area contributed by atoms with Crippen LogP contribution in [0, 0.1) is 5.82 Å². The topological polar surface area (TPSA) is 82.2 Å². The van der Waals surface area contributed by atoms with Crippen molar-refractivity contribution in [1.29, 1.82) is 0 Å². The van der Waals surface area contributed by atoms with Crippen LogP contribution in [0.2, 0.25) is 0 Å². The molecule has 0 spiro atoms. The van der Waals surface area contributed by atoms with Gasteiger partial charge in [0, 0.05) is 20.2 Å². The molecule has 7 heteroatoms. The normalized spacial score (nSPS) is 12.6. The summed E-state index contributed by atoms with van der Waals surface area (Å²) in [5.74, 6) is -0.461. The lowest BCUT2D eigenvalue weighted by Crippen LogP contribution is -2.39. The number of carbonyl (C=O) groups excluding carboxylic acids is 1. The highest BCUT2D eigenvalue weighted by molar-refractivity contribution is 5.95. The van der Waals surface area contributed by atoms with Gasteiger partial charge in [0.25, 0.3) is 0 Å². The van der Waals surface area contributed by atoms with E-state index in [-0.39, 0.29) is 12.4 Å². The molecule has 0 aliphatic rings. The number of hydrogen-bond donors (Lipinski definition) is 2. The molecule has 0 fully saturated rings. The van der Waals surface area contributed by atoms with Gasteiger partial charge in [0.1, 0.15) is 11.9 Å². The third-order valence-electron chi connectivity index (χ3n) is 2.76. The van der Waals surface area contributed by atoms with Crippen molar-refractivity contribution in [3.05, 3.63) is 24.0 Å². The first-order valence-corrected chi connectivity index (χ1v) is 5.70. The average molecular weight is 266 g/mol. The van der Waals surface area contributed by atoms with Gasteiger partial charge in [-0.15, -0.1) is 0 Å². The zero-order valence-electron chi connectivity index (χ0n) is 10.7. The number of hydrogen-bond acceptors (Lipinski definition) is 4. The fourth-order valence-corrected chi connectivity index (χ4v) is 1.74. The van der Waals surface area contributed by atoms with Crippen molar-refractivity contribution < 1.29 is 13.9 Å². The first-order chi connectivity index (χ1) is 9.02. The zero-order valence-corrected chi connectivity index (χ0v) is 10.7. The van der Waals surface area contributed by atoms with Crippen LogP contribution in [0.1, 0.15) is 0 Å². The van der Waals surface area contributed by atoms with Gasteiger partial charge in [-0.3, -0.25) is 10.1 Å². The van der Waals surface area contributed by atoms with Gasteiger partial charge in [0.2, 0.25) is 11.9 Å². The number of ether oxygens (including phenoxy) is 1. The molecule has 102 valence electrons. The first kappa shape index (κ1) is 13.4. The van der Waals surface area contributed by atoms with Crippen LogP contribution in [-0.4, -0.2) is 35.2 Å². The second-order valence-corrected chi connectivity index (χ2v) is 4.18. The molecule has 0 aliphatic carbocycles. The minimum Gasteiger partial charge on any atom is -0.383 e. The monoisotopic (exact) mass is 266 g/mol. The molecule has 19 heavy (non-hydrogen) atoms. The van der Waals surface area contributed by atoms with Gasteiger partial charge in [-0.05, 0) is 12.1 Å². The van der Waals surface area contributed by atoms with Crippen molar-refractivity contribution in [3.63, 3.8) is 0 Å². The van der Waals surface area contributed by atoms with Crippen molar-refractivity contribution in [2.75, 3.05) is 19.0 Å². The Bertz CT molecular complexity index is 611. The highest BCUT2D eigenvalue weighted by Gasteiger charge is 2.16. The van der Waals surface area contributed by atoms with E-state index < -0.39 is 11.9 Å². The zero-order chi connectivity index (χ0) is 14.0. The Morgan fingerprint density at radius 2 is 2.37 bits per heavy atom. The lowest BCUT2D eigenvalue weighted by atomic mass is 10.3. The summed E-state index contributed by atoms with van der Waals surface area (Å²) in [5, 5.41) is 2.59. The summed E-state index contributed by atoms with van der Waals surface area (Å²) in [6.07, 6.45) is 0. The third kappa shape index (κ3) is 2.72. The predicted molar refractivity (Wildman–Crippen MR) is 69.2 cm³/mol. The molecule has 6 nitrogen and oxygen atoms in total. The van der Waals surface area contributed by atoms with Gasteiger partial charge in [-0.2, -0.15) is 0 Å². The molecule has 0 radical (unpaired) electrons. The Morgan fingerprint density at radius 1 is 1.63 bits per heavy atom. The minimum atomic E-state index is -0.776. The molecule has 3 N–H and O–H groups in total. The predicted octanol–water partition coefficient (Wildman–Crippen LogP) is 0.625. The van der Waals surface area contributed by atoms with Crippen molar-refractivity contribution in [3.8, 4) is 0 Å². The third-order valence-corrected chi connectivity index (χ3v) is 2.76. The number of nitrogens with zero attached hydrogens (tertiary/aromatic N) is 2. The molecule has 1 aromatic heterocycles. The number of anilines is 1. The lowest BCUT2D eigenvalue weighted by molar-refractivity contribution is -0.118. The number of aryl methyl sites for hydroxylation is 1. The Hall–Kier alpha value is -1.99. The maximum Gasteiger partial charge on any atom is 0.245 e. The van der Waals surface area contributed by atoms with E-state index in [0.717, 1.165) is 5.52 Å². The van der Waals surface area contributed by atoms with Gasteiger partial charge in [-0.1, -0.05) is 0 Å². The van der Waals surface area contributed by atoms with E-state index >= 15 is 0 Å². The number of nitrogens with one attached hydrogen (secondary N) is 1. The van der Waals surface area contributed by atoms with E-state index in [1.54, 1.807) is 17.7 Å². The van der Waals surface area contributed by atoms with Crippen molar-refractivity contribution >= 4 is 22.9 Å². The summed E-state index contributed by atoms with van der Waals surface area (Å²) in [6.45, 7) is 0.115. The highest BCUT2D eigenvalue weighted by atomic mass is 19.1. The second-order valence-electron chi connectivity index (χ2n) is 4.18. The highest BCUT2D eigenvalue weighted by Crippen LogP contribution is 2.19. The summed E-state index contributed by atoms with van der Waals surface area (Å²) in [4.78, 5) is 15.9. The molecule has 1 unspecified atom stereocenters. The smallest absolute Gasteiger partial charge is 0.245 e. The van der Waals surface area contributed by atoms with Crippen molar-refractivity contribution in [1.82, 2.24) is 9.55 Å². The van der Waals surface area contributed by atoms with Gasteiger partial charge < -0.3 is 15.0 Å². The van der Waals surface area contributed by atoms with Crippen LogP contribution >= 0.6 is 0 Å². The van der Waals surface area contributed by atoms with Crippen LogP contribution in [0.25, 0.3) is 11.0 Å². The number of imidazole rings is 1. The largest absolute Gasteiger partial charge is 0.383 e. The number of fused-ring (bicyclic) bond motifs is 1. The summed E-state index contributed by atoms with van der Waals surface area (Å²) in [7, 11) is 3.19. The summed E-state index contributed by atoms with van der Waals surface area (Å²) < 4.78 is 19.6. The molecule has 1 atom stereocenters. The Morgan fingerprint density at radius 3 is 3.05 bits per heavy atom. The second kappa shape index (κ2) is 5.33. The number of carbonyl (C=O) groups is 1. The molecule has 1 amide bonds. The molecular formula is C12H15FN4O2. The summed E-state index contributed by atoms with van der Waals surface area (Å²) >= 11 is 0. The number of amides is 1. The van der Waals surface area contributed by atoms with E-state index in [2.05, 4.69) is 10.3 Å². The fourth-order valence-electron chi connectivity index (χ4n) is 1.74. The molecule has 2 rings (SSSR count). The van der Waals surface area contributed by atoms with Crippen molar-refractivity contribution in [2.24, 2.45) is 12.8 Å². The number of rotatable bonds is 4. The van der Waals surface area contributed by atoms with E-state index in [1.165, 1.54) is 19.2 Å². The quantitative estimate of drug-likeness (QED) is 0.850. The van der Waals surface area contributed by atoms with Crippen LogP contribution in [-0.2, 0) is 16.6 Å². The van der Waals surface area contributed by atoms with Crippen LogP contribution in [0.4, 0.5) is 10.3 Å². The number of halogens is 1. The Kier molecular flexibility index (Phi) is 3.77. The van der Waals surface area contributed by atoms with Gasteiger partial charge in [0.05, 0.1) is 17.6 Å². The van der Waals surface area contributed by atoms with Gasteiger partial charge >= 0.3 is 0 Å². The molecule has 0 saturated heterocycles. The SMILES string of the molecule is COCC(N)C(=O)Nc1nc2cc(F)ccc2n1C. The van der Waals surface area contributed by atoms with E-state index in [1.807, 2.05) is 0 Å². The molecule has 0 aliphatic heterocycles. The minimum absolute atomic E-state index is 0.115. The van der Waals surface area contributed by atoms with Crippen LogP contribution in [0.5, 0.6) is 0 Å². The van der Waals surface area contributed by atoms with Crippen LogP contribution < -0.4 is 11.1 Å². The number of aromatic nitrogens is 2.